The summed E-state index contributed by atoms with van der Waals surface area (Å²) in [5, 5.41) is 11.7. The summed E-state index contributed by atoms with van der Waals surface area (Å²) in [5.41, 5.74) is 1.03. The van der Waals surface area contributed by atoms with E-state index in [0.29, 0.717) is 6.54 Å². The molecule has 0 saturated carbocycles. The summed E-state index contributed by atoms with van der Waals surface area (Å²) in [6.45, 7) is 4.36. The molecular weight excluding hydrogens is 274 g/mol. The number of nitrogens with zero attached hydrogens (tertiary/aromatic N) is 2. The van der Waals surface area contributed by atoms with Crippen LogP contribution in [0, 0.1) is 11.3 Å². The van der Waals surface area contributed by atoms with Crippen molar-refractivity contribution in [3.05, 3.63) is 29.8 Å². The topological polar surface area (TPSA) is 73.2 Å². The van der Waals surface area contributed by atoms with E-state index in [4.69, 9.17) is 5.26 Å². The van der Waals surface area contributed by atoms with Gasteiger partial charge in [-0.15, -0.1) is 0 Å². The first-order chi connectivity index (χ1) is 9.47. The molecule has 0 aromatic heterocycles. The normalized spacial score (nSPS) is 13.2. The largest absolute Gasteiger partial charge is 0.313 e. The third kappa shape index (κ3) is 3.79. The third-order valence-electron chi connectivity index (χ3n) is 3.28. The minimum Gasteiger partial charge on any atom is -0.313 e. The van der Waals surface area contributed by atoms with Gasteiger partial charge < -0.3 is 5.32 Å². The third-order valence-corrected chi connectivity index (χ3v) is 5.27. The molecule has 6 heteroatoms. The quantitative estimate of drug-likeness (QED) is 0.833. The molecule has 1 rings (SSSR count). The lowest BCUT2D eigenvalue weighted by Gasteiger charge is -2.19. The van der Waals surface area contributed by atoms with E-state index < -0.39 is 10.0 Å². The van der Waals surface area contributed by atoms with Crippen LogP contribution in [0.3, 0.4) is 0 Å². The average Bonchev–Trinajstić information content (AvgIpc) is 2.47. The van der Waals surface area contributed by atoms with E-state index in [0.717, 1.165) is 5.56 Å². The Kier molecular flexibility index (Phi) is 6.14. The van der Waals surface area contributed by atoms with Crippen molar-refractivity contribution in [1.82, 2.24) is 9.62 Å². The molecule has 0 aliphatic carbocycles. The first-order valence-corrected chi connectivity index (χ1v) is 8.05. The van der Waals surface area contributed by atoms with Crippen LogP contribution in [-0.2, 0) is 10.0 Å². The number of hydrogen-bond acceptors (Lipinski definition) is 4. The van der Waals surface area contributed by atoms with Crippen molar-refractivity contribution in [3.63, 3.8) is 0 Å². The molecule has 1 atom stereocenters. The van der Waals surface area contributed by atoms with E-state index in [1.165, 1.54) is 4.31 Å². The zero-order valence-corrected chi connectivity index (χ0v) is 12.9. The summed E-state index contributed by atoms with van der Waals surface area (Å²) in [5.74, 6) is 0. The molecule has 20 heavy (non-hydrogen) atoms. The molecule has 0 aliphatic rings. The summed E-state index contributed by atoms with van der Waals surface area (Å²) in [6, 6.07) is 9.01. The van der Waals surface area contributed by atoms with Crippen LogP contribution in [0.1, 0.15) is 31.9 Å². The van der Waals surface area contributed by atoms with Gasteiger partial charge >= 0.3 is 0 Å². The molecule has 110 valence electrons. The number of nitriles is 1. The maximum absolute atomic E-state index is 12.4. The van der Waals surface area contributed by atoms with Crippen molar-refractivity contribution in [2.75, 3.05) is 20.1 Å². The highest BCUT2D eigenvalue weighted by molar-refractivity contribution is 7.89. The zero-order chi connectivity index (χ0) is 15.2. The summed E-state index contributed by atoms with van der Waals surface area (Å²) < 4.78 is 26.2. The second-order valence-electron chi connectivity index (χ2n) is 4.48. The second kappa shape index (κ2) is 7.39. The van der Waals surface area contributed by atoms with Crippen LogP contribution in [0.25, 0.3) is 0 Å². The van der Waals surface area contributed by atoms with Crippen molar-refractivity contribution in [2.45, 2.75) is 31.2 Å². The molecule has 1 aromatic carbocycles. The number of benzene rings is 1. The van der Waals surface area contributed by atoms with Crippen LogP contribution >= 0.6 is 0 Å². The smallest absolute Gasteiger partial charge is 0.243 e. The van der Waals surface area contributed by atoms with Crippen LogP contribution in [0.15, 0.2) is 29.2 Å². The van der Waals surface area contributed by atoms with Gasteiger partial charge in [0.1, 0.15) is 0 Å². The molecule has 0 aliphatic heterocycles. The average molecular weight is 295 g/mol. The first kappa shape index (κ1) is 16.6. The fourth-order valence-corrected chi connectivity index (χ4v) is 3.32. The summed E-state index contributed by atoms with van der Waals surface area (Å²) in [4.78, 5) is 0.268. The molecule has 0 fully saturated rings. The van der Waals surface area contributed by atoms with Crippen molar-refractivity contribution in [3.8, 4) is 6.07 Å². The molecule has 0 amide bonds. The Balaban J connectivity index is 3.00. The van der Waals surface area contributed by atoms with Gasteiger partial charge in [0, 0.05) is 25.6 Å². The predicted octanol–water partition coefficient (Wildman–Crippen LogP) is 1.89. The minimum absolute atomic E-state index is 0.174. The maximum Gasteiger partial charge on any atom is 0.243 e. The number of nitrogens with one attached hydrogen (secondary N) is 1. The van der Waals surface area contributed by atoms with Crippen molar-refractivity contribution in [2.24, 2.45) is 0 Å². The standard InChI is InChI=1S/C14H21N3O2S/c1-4-17(11-5-10-15)20(18,19)14-8-6-13(7-9-14)12(2)16-3/h6-9,12,16H,4-5,11H2,1-3H3. The number of hydrogen-bond donors (Lipinski definition) is 1. The maximum atomic E-state index is 12.4. The fourth-order valence-electron chi connectivity index (χ4n) is 1.87. The first-order valence-electron chi connectivity index (χ1n) is 6.61. The molecule has 1 unspecified atom stereocenters. The highest BCUT2D eigenvalue weighted by Gasteiger charge is 2.22. The molecule has 1 aromatic rings. The second-order valence-corrected chi connectivity index (χ2v) is 6.42. The van der Waals surface area contributed by atoms with Crippen LogP contribution in [-0.4, -0.2) is 32.9 Å². The van der Waals surface area contributed by atoms with Gasteiger partial charge in [-0.05, 0) is 31.7 Å². The lowest BCUT2D eigenvalue weighted by atomic mass is 10.1. The molecule has 0 bridgehead atoms. The van der Waals surface area contributed by atoms with E-state index in [1.54, 1.807) is 19.1 Å². The van der Waals surface area contributed by atoms with Gasteiger partial charge in [0.2, 0.25) is 10.0 Å². The van der Waals surface area contributed by atoms with Gasteiger partial charge in [0.25, 0.3) is 0 Å². The Bertz CT molecular complexity index is 561. The predicted molar refractivity (Wildman–Crippen MR) is 78.6 cm³/mol. The van der Waals surface area contributed by atoms with Gasteiger partial charge in [-0.3, -0.25) is 0 Å². The molecule has 5 nitrogen and oxygen atoms in total. The van der Waals surface area contributed by atoms with Crippen LogP contribution in [0.4, 0.5) is 0 Å². The van der Waals surface area contributed by atoms with E-state index in [2.05, 4.69) is 5.32 Å². The van der Waals surface area contributed by atoms with Gasteiger partial charge in [-0.1, -0.05) is 19.1 Å². The molecule has 1 N–H and O–H groups in total. The Morgan fingerprint density at radius 2 is 1.95 bits per heavy atom. The van der Waals surface area contributed by atoms with E-state index in [1.807, 2.05) is 32.2 Å². The van der Waals surface area contributed by atoms with Crippen molar-refractivity contribution >= 4 is 10.0 Å². The summed E-state index contributed by atoms with van der Waals surface area (Å²) in [7, 11) is -1.65. The van der Waals surface area contributed by atoms with Gasteiger partial charge in [0.15, 0.2) is 0 Å². The Labute approximate surface area is 121 Å². The van der Waals surface area contributed by atoms with E-state index in [-0.39, 0.29) is 23.9 Å². The van der Waals surface area contributed by atoms with Gasteiger partial charge in [-0.25, -0.2) is 8.42 Å². The van der Waals surface area contributed by atoms with Crippen LogP contribution in [0.2, 0.25) is 0 Å². The molecule has 0 radical (unpaired) electrons. The highest BCUT2D eigenvalue weighted by Crippen LogP contribution is 2.19. The lowest BCUT2D eigenvalue weighted by Crippen LogP contribution is -2.31. The fraction of sp³-hybridized carbons (Fsp3) is 0.500. The lowest BCUT2D eigenvalue weighted by molar-refractivity contribution is 0.435. The monoisotopic (exact) mass is 295 g/mol. The van der Waals surface area contributed by atoms with Crippen LogP contribution < -0.4 is 5.32 Å². The molecular formula is C14H21N3O2S. The number of rotatable bonds is 7. The van der Waals surface area contributed by atoms with E-state index in [9.17, 15) is 8.42 Å². The SMILES string of the molecule is CCN(CCC#N)S(=O)(=O)c1ccc(C(C)NC)cc1. The summed E-state index contributed by atoms with van der Waals surface area (Å²) in [6.07, 6.45) is 0.196. The Hall–Kier alpha value is -1.42. The van der Waals surface area contributed by atoms with Crippen molar-refractivity contribution < 1.29 is 8.42 Å². The van der Waals surface area contributed by atoms with Crippen LogP contribution in [0.5, 0.6) is 0 Å². The Morgan fingerprint density at radius 3 is 2.40 bits per heavy atom. The molecule has 0 spiro atoms. The number of sulfonamides is 1. The minimum atomic E-state index is -3.51. The molecule has 0 saturated heterocycles. The van der Waals surface area contributed by atoms with E-state index >= 15 is 0 Å². The van der Waals surface area contributed by atoms with Gasteiger partial charge in [-0.2, -0.15) is 9.57 Å². The van der Waals surface area contributed by atoms with Crippen molar-refractivity contribution in [1.29, 1.82) is 5.26 Å². The zero-order valence-electron chi connectivity index (χ0n) is 12.1. The Morgan fingerprint density at radius 1 is 1.35 bits per heavy atom. The summed E-state index contributed by atoms with van der Waals surface area (Å²) >= 11 is 0. The highest BCUT2D eigenvalue weighted by atomic mass is 32.2. The molecule has 0 heterocycles. The van der Waals surface area contributed by atoms with Gasteiger partial charge in [0.05, 0.1) is 11.0 Å².